The summed E-state index contributed by atoms with van der Waals surface area (Å²) in [5.74, 6) is -0.218. The van der Waals surface area contributed by atoms with Crippen molar-refractivity contribution in [3.8, 4) is 5.75 Å². The zero-order valence-corrected chi connectivity index (χ0v) is 15.3. The lowest BCUT2D eigenvalue weighted by atomic mass is 10.1. The number of para-hydroxylation sites is 1. The molecule has 3 aromatic rings. The molecular formula is C21H22N2O4. The van der Waals surface area contributed by atoms with Gasteiger partial charge in [0.05, 0.1) is 18.6 Å². The number of amides is 1. The number of aromatic nitrogens is 1. The van der Waals surface area contributed by atoms with E-state index in [0.717, 1.165) is 0 Å². The molecule has 0 spiro atoms. The van der Waals surface area contributed by atoms with Crippen LogP contribution in [-0.4, -0.2) is 26.3 Å². The van der Waals surface area contributed by atoms with Crippen LogP contribution in [-0.2, 0) is 17.8 Å². The highest BCUT2D eigenvalue weighted by atomic mass is 16.3. The number of carbonyl (C=O) groups is 1. The largest absolute Gasteiger partial charge is 0.508 e. The molecule has 140 valence electrons. The highest BCUT2D eigenvalue weighted by Gasteiger charge is 2.16. The number of aliphatic hydroxyl groups is 1. The molecule has 0 saturated heterocycles. The maximum Gasteiger partial charge on any atom is 0.258 e. The number of hydrogen-bond donors (Lipinski definition) is 3. The molecule has 0 atom stereocenters. The van der Waals surface area contributed by atoms with Crippen molar-refractivity contribution in [2.24, 2.45) is 0 Å². The maximum absolute atomic E-state index is 12.7. The van der Waals surface area contributed by atoms with Gasteiger partial charge in [0.1, 0.15) is 5.75 Å². The van der Waals surface area contributed by atoms with Gasteiger partial charge in [-0.1, -0.05) is 24.3 Å². The molecule has 0 radical (unpaired) electrons. The lowest BCUT2D eigenvalue weighted by Crippen LogP contribution is -2.32. The Morgan fingerprint density at radius 3 is 2.52 bits per heavy atom. The number of benzene rings is 2. The van der Waals surface area contributed by atoms with Crippen molar-refractivity contribution in [3.05, 3.63) is 70.6 Å². The van der Waals surface area contributed by atoms with Crippen LogP contribution < -0.4 is 10.9 Å². The standard InChI is InChI=1S/C21H22N2O4/c1-21(2,27)13-23-11-10-15-16(20(23)26)7-5-8-17(15)22-19(25)12-14-6-3-4-9-18(14)24/h3-11,24,27H,12-13H2,1-2H3,(H,22,25). The highest BCUT2D eigenvalue weighted by Crippen LogP contribution is 2.22. The number of phenolic OH excluding ortho intramolecular Hbond substituents is 1. The molecule has 1 aromatic heterocycles. The van der Waals surface area contributed by atoms with E-state index in [1.807, 2.05) is 0 Å². The minimum atomic E-state index is -1.01. The van der Waals surface area contributed by atoms with Gasteiger partial charge in [-0.15, -0.1) is 0 Å². The second-order valence-corrected chi connectivity index (χ2v) is 7.18. The quantitative estimate of drug-likeness (QED) is 0.647. The number of hydrogen-bond acceptors (Lipinski definition) is 4. The first-order chi connectivity index (χ1) is 12.7. The number of fused-ring (bicyclic) bond motifs is 1. The molecule has 0 saturated carbocycles. The monoisotopic (exact) mass is 366 g/mol. The molecule has 1 amide bonds. The lowest BCUT2D eigenvalue weighted by molar-refractivity contribution is -0.115. The van der Waals surface area contributed by atoms with E-state index in [2.05, 4.69) is 5.32 Å². The van der Waals surface area contributed by atoms with Gasteiger partial charge in [-0.05, 0) is 38.1 Å². The predicted octanol–water partition coefficient (Wildman–Crippen LogP) is 2.66. The Balaban J connectivity index is 1.89. The van der Waals surface area contributed by atoms with Gasteiger partial charge in [-0.3, -0.25) is 9.59 Å². The van der Waals surface area contributed by atoms with E-state index >= 15 is 0 Å². The van der Waals surface area contributed by atoms with Crippen LogP contribution in [0.1, 0.15) is 19.4 Å². The highest BCUT2D eigenvalue weighted by molar-refractivity contribution is 6.02. The zero-order chi connectivity index (χ0) is 19.6. The van der Waals surface area contributed by atoms with E-state index in [1.54, 1.807) is 62.5 Å². The van der Waals surface area contributed by atoms with E-state index in [1.165, 1.54) is 10.6 Å². The SMILES string of the molecule is CC(C)(O)Cn1ccc2c(NC(=O)Cc3ccccc3O)cccc2c1=O. The van der Waals surface area contributed by atoms with Gasteiger partial charge in [-0.2, -0.15) is 0 Å². The minimum Gasteiger partial charge on any atom is -0.508 e. The van der Waals surface area contributed by atoms with Gasteiger partial charge < -0.3 is 20.1 Å². The molecule has 6 nitrogen and oxygen atoms in total. The molecule has 0 aliphatic carbocycles. The summed E-state index contributed by atoms with van der Waals surface area (Å²) in [4.78, 5) is 25.1. The molecule has 0 aliphatic heterocycles. The zero-order valence-electron chi connectivity index (χ0n) is 15.3. The Morgan fingerprint density at radius 2 is 1.81 bits per heavy atom. The van der Waals surface area contributed by atoms with Crippen LogP contribution in [0.5, 0.6) is 5.75 Å². The van der Waals surface area contributed by atoms with Crippen LogP contribution in [0.2, 0.25) is 0 Å². The van der Waals surface area contributed by atoms with Crippen LogP contribution >= 0.6 is 0 Å². The molecule has 3 N–H and O–H groups in total. The fourth-order valence-corrected chi connectivity index (χ4v) is 3.00. The average molecular weight is 366 g/mol. The van der Waals surface area contributed by atoms with Crippen molar-refractivity contribution in [2.75, 3.05) is 5.32 Å². The van der Waals surface area contributed by atoms with Crippen LogP contribution in [0.3, 0.4) is 0 Å². The average Bonchev–Trinajstić information content (AvgIpc) is 2.59. The van der Waals surface area contributed by atoms with Gasteiger partial charge >= 0.3 is 0 Å². The molecule has 2 aromatic carbocycles. The van der Waals surface area contributed by atoms with E-state index in [4.69, 9.17) is 0 Å². The summed E-state index contributed by atoms with van der Waals surface area (Å²) in [5, 5.41) is 23.7. The van der Waals surface area contributed by atoms with Gasteiger partial charge in [0.25, 0.3) is 5.56 Å². The van der Waals surface area contributed by atoms with Crippen molar-refractivity contribution in [3.63, 3.8) is 0 Å². The normalized spacial score (nSPS) is 11.5. The van der Waals surface area contributed by atoms with E-state index < -0.39 is 5.60 Å². The van der Waals surface area contributed by atoms with E-state index in [-0.39, 0.29) is 30.2 Å². The molecule has 0 fully saturated rings. The van der Waals surface area contributed by atoms with Crippen molar-refractivity contribution >= 4 is 22.4 Å². The van der Waals surface area contributed by atoms with E-state index in [0.29, 0.717) is 22.0 Å². The maximum atomic E-state index is 12.7. The fourth-order valence-electron chi connectivity index (χ4n) is 3.00. The van der Waals surface area contributed by atoms with Crippen molar-refractivity contribution in [1.82, 2.24) is 4.57 Å². The third-order valence-corrected chi connectivity index (χ3v) is 4.19. The molecule has 0 unspecified atom stereocenters. The Labute approximate surface area is 156 Å². The van der Waals surface area contributed by atoms with Gasteiger partial charge in [0.2, 0.25) is 5.91 Å². The molecule has 27 heavy (non-hydrogen) atoms. The van der Waals surface area contributed by atoms with Gasteiger partial charge in [-0.25, -0.2) is 0 Å². The third kappa shape index (κ3) is 4.35. The predicted molar refractivity (Wildman–Crippen MR) is 105 cm³/mol. The first kappa shape index (κ1) is 18.7. The summed E-state index contributed by atoms with van der Waals surface area (Å²) in [6.45, 7) is 3.45. The van der Waals surface area contributed by atoms with Gasteiger partial charge in [0.15, 0.2) is 0 Å². The first-order valence-corrected chi connectivity index (χ1v) is 8.66. The number of rotatable bonds is 5. The van der Waals surface area contributed by atoms with Crippen molar-refractivity contribution in [1.29, 1.82) is 0 Å². The smallest absolute Gasteiger partial charge is 0.258 e. The minimum absolute atomic E-state index is 0.0266. The second kappa shape index (κ2) is 7.25. The first-order valence-electron chi connectivity index (χ1n) is 8.66. The summed E-state index contributed by atoms with van der Waals surface area (Å²) < 4.78 is 1.45. The molecular weight excluding hydrogens is 344 g/mol. The van der Waals surface area contributed by atoms with Crippen LogP contribution in [0.4, 0.5) is 5.69 Å². The van der Waals surface area contributed by atoms with Crippen LogP contribution in [0, 0.1) is 0 Å². The Morgan fingerprint density at radius 1 is 1.07 bits per heavy atom. The summed E-state index contributed by atoms with van der Waals surface area (Å²) in [6.07, 6.45) is 1.64. The fraction of sp³-hybridized carbons (Fsp3) is 0.238. The number of pyridine rings is 1. The number of nitrogens with one attached hydrogen (secondary N) is 1. The number of nitrogens with zero attached hydrogens (tertiary/aromatic N) is 1. The van der Waals surface area contributed by atoms with Crippen LogP contribution in [0.15, 0.2) is 59.5 Å². The van der Waals surface area contributed by atoms with Crippen molar-refractivity contribution < 1.29 is 15.0 Å². The Bertz CT molecular complexity index is 1050. The summed E-state index contributed by atoms with van der Waals surface area (Å²) in [7, 11) is 0. The van der Waals surface area contributed by atoms with Crippen LogP contribution in [0.25, 0.3) is 10.8 Å². The second-order valence-electron chi connectivity index (χ2n) is 7.18. The Hall–Kier alpha value is -3.12. The number of phenols is 1. The lowest BCUT2D eigenvalue weighted by Gasteiger charge is -2.19. The topological polar surface area (TPSA) is 91.6 Å². The Kier molecular flexibility index (Phi) is 5.01. The van der Waals surface area contributed by atoms with Gasteiger partial charge in [0, 0.05) is 28.2 Å². The molecule has 1 heterocycles. The van der Waals surface area contributed by atoms with Crippen molar-refractivity contribution in [2.45, 2.75) is 32.4 Å². The number of aromatic hydroxyl groups is 1. The molecule has 0 bridgehead atoms. The molecule has 0 aliphatic rings. The summed E-state index contributed by atoms with van der Waals surface area (Å²) in [6, 6.07) is 13.5. The number of anilines is 1. The third-order valence-electron chi connectivity index (χ3n) is 4.19. The number of carbonyl (C=O) groups excluding carboxylic acids is 1. The summed E-state index contributed by atoms with van der Waals surface area (Å²) >= 11 is 0. The molecule has 6 heteroatoms. The van der Waals surface area contributed by atoms with E-state index in [9.17, 15) is 19.8 Å². The summed E-state index contributed by atoms with van der Waals surface area (Å²) in [5.41, 5.74) is -0.185. The molecule has 3 rings (SSSR count).